The number of cyclic esters (lactones) is 2. The zero-order valence-corrected chi connectivity index (χ0v) is 7.73. The van der Waals surface area contributed by atoms with Crippen LogP contribution in [-0.4, -0.2) is 43.0 Å². The lowest BCUT2D eigenvalue weighted by molar-refractivity contribution is -0.584. The minimum Gasteiger partial charge on any atom is -0.426 e. The summed E-state index contributed by atoms with van der Waals surface area (Å²) in [4.78, 5) is 20.7. The summed E-state index contributed by atoms with van der Waals surface area (Å²) in [6, 6.07) is 0. The first-order valence-electron chi connectivity index (χ1n) is 4.12. The third-order valence-electron chi connectivity index (χ3n) is 1.88. The molecule has 80 valence electrons. The largest absolute Gasteiger partial charge is 0.508 e. The Morgan fingerprint density at radius 1 is 1.57 bits per heavy atom. The van der Waals surface area contributed by atoms with Gasteiger partial charge in [-0.1, -0.05) is 0 Å². The second-order valence-electron chi connectivity index (χ2n) is 2.95. The van der Waals surface area contributed by atoms with E-state index in [2.05, 4.69) is 9.47 Å². The second-order valence-corrected chi connectivity index (χ2v) is 2.95. The zero-order valence-electron chi connectivity index (χ0n) is 7.73. The van der Waals surface area contributed by atoms with Gasteiger partial charge in [-0.05, 0) is 6.92 Å². The van der Waals surface area contributed by atoms with E-state index in [1.165, 1.54) is 0 Å². The number of rotatable bonds is 4. The van der Waals surface area contributed by atoms with E-state index in [1.54, 1.807) is 6.92 Å². The third-order valence-corrected chi connectivity index (χ3v) is 1.88. The number of nitro groups is 1. The highest BCUT2D eigenvalue weighted by atomic mass is 16.7. The molecule has 1 heterocycles. The van der Waals surface area contributed by atoms with Crippen molar-refractivity contribution in [1.82, 2.24) is 0 Å². The minimum atomic E-state index is -1.45. The maximum Gasteiger partial charge on any atom is 0.508 e. The number of ether oxygens (including phenoxy) is 3. The summed E-state index contributed by atoms with van der Waals surface area (Å²) in [5, 5.41) is 10.7. The Morgan fingerprint density at radius 2 is 2.14 bits per heavy atom. The van der Waals surface area contributed by atoms with Gasteiger partial charge in [0, 0.05) is 11.5 Å². The van der Waals surface area contributed by atoms with Gasteiger partial charge in [0.2, 0.25) is 0 Å². The number of carbonyl (C=O) groups excluding carboxylic acids is 1. The van der Waals surface area contributed by atoms with Crippen LogP contribution < -0.4 is 0 Å². The van der Waals surface area contributed by atoms with Gasteiger partial charge in [-0.2, -0.15) is 0 Å². The van der Waals surface area contributed by atoms with E-state index in [0.717, 1.165) is 0 Å². The van der Waals surface area contributed by atoms with Gasteiger partial charge >= 0.3 is 11.7 Å². The predicted octanol–water partition coefficient (Wildman–Crippen LogP) is 0.205. The Morgan fingerprint density at radius 3 is 2.57 bits per heavy atom. The number of hydrogen-bond acceptors (Lipinski definition) is 6. The Balaban J connectivity index is 2.63. The molecule has 7 heteroatoms. The van der Waals surface area contributed by atoms with E-state index in [0.29, 0.717) is 6.61 Å². The van der Waals surface area contributed by atoms with Crippen LogP contribution in [0.1, 0.15) is 6.92 Å². The van der Waals surface area contributed by atoms with E-state index in [9.17, 15) is 14.9 Å². The molecule has 0 unspecified atom stereocenters. The number of hydrogen-bond donors (Lipinski definition) is 0. The molecule has 0 atom stereocenters. The van der Waals surface area contributed by atoms with Crippen molar-refractivity contribution in [3.05, 3.63) is 10.1 Å². The van der Waals surface area contributed by atoms with Gasteiger partial charge in [0.25, 0.3) is 0 Å². The molecule has 1 saturated heterocycles. The molecule has 14 heavy (non-hydrogen) atoms. The van der Waals surface area contributed by atoms with Crippen molar-refractivity contribution >= 4 is 6.16 Å². The van der Waals surface area contributed by atoms with E-state index >= 15 is 0 Å². The normalized spacial score (nSPS) is 19.6. The van der Waals surface area contributed by atoms with Gasteiger partial charge in [0.15, 0.2) is 13.2 Å². The molecule has 0 N–H and O–H groups in total. The third kappa shape index (κ3) is 2.11. The van der Waals surface area contributed by atoms with Crippen LogP contribution >= 0.6 is 0 Å². The Bertz CT molecular complexity index is 230. The Hall–Kier alpha value is -1.37. The maximum atomic E-state index is 10.7. The molecule has 0 aromatic carbocycles. The fraction of sp³-hybridized carbons (Fsp3) is 0.857. The monoisotopic (exact) mass is 205 g/mol. The molecule has 0 aromatic rings. The smallest absolute Gasteiger partial charge is 0.426 e. The first kappa shape index (κ1) is 10.7. The summed E-state index contributed by atoms with van der Waals surface area (Å²) in [5.74, 6) is 0. The molecule has 1 aliphatic rings. The van der Waals surface area contributed by atoms with Crippen LogP contribution in [-0.2, 0) is 14.2 Å². The molecule has 1 aliphatic heterocycles. The van der Waals surface area contributed by atoms with Crippen molar-refractivity contribution in [2.24, 2.45) is 0 Å². The van der Waals surface area contributed by atoms with E-state index in [1.807, 2.05) is 0 Å². The van der Waals surface area contributed by atoms with Crippen molar-refractivity contribution in [2.75, 3.05) is 26.4 Å². The fourth-order valence-electron chi connectivity index (χ4n) is 1.00. The highest BCUT2D eigenvalue weighted by molar-refractivity contribution is 5.60. The topological polar surface area (TPSA) is 87.9 Å². The van der Waals surface area contributed by atoms with Crippen LogP contribution in [0.2, 0.25) is 0 Å². The molecule has 0 radical (unpaired) electrons. The molecule has 0 aromatic heterocycles. The van der Waals surface area contributed by atoms with Crippen molar-refractivity contribution in [2.45, 2.75) is 12.5 Å². The van der Waals surface area contributed by atoms with E-state index in [-0.39, 0.29) is 19.8 Å². The summed E-state index contributed by atoms with van der Waals surface area (Å²) in [6.07, 6.45) is -0.876. The lowest BCUT2D eigenvalue weighted by Gasteiger charge is -2.27. The van der Waals surface area contributed by atoms with Gasteiger partial charge in [0.1, 0.15) is 6.61 Å². The van der Waals surface area contributed by atoms with Crippen LogP contribution in [0.4, 0.5) is 4.79 Å². The summed E-state index contributed by atoms with van der Waals surface area (Å²) < 4.78 is 13.9. The van der Waals surface area contributed by atoms with Crippen LogP contribution in [0.5, 0.6) is 0 Å². The molecular weight excluding hydrogens is 194 g/mol. The predicted molar refractivity (Wildman–Crippen MR) is 43.5 cm³/mol. The minimum absolute atomic E-state index is 0.121. The average Bonchev–Trinajstić information content (AvgIpc) is 2.17. The van der Waals surface area contributed by atoms with Crippen LogP contribution in [0.15, 0.2) is 0 Å². The van der Waals surface area contributed by atoms with Gasteiger partial charge in [-0.15, -0.1) is 0 Å². The summed E-state index contributed by atoms with van der Waals surface area (Å²) in [6.45, 7) is 1.36. The van der Waals surface area contributed by atoms with Crippen molar-refractivity contribution in [3.8, 4) is 0 Å². The Labute approximate surface area is 80.1 Å². The highest BCUT2D eigenvalue weighted by Crippen LogP contribution is 2.17. The molecule has 1 fully saturated rings. The maximum absolute atomic E-state index is 10.7. The van der Waals surface area contributed by atoms with Gasteiger partial charge in [0.05, 0.1) is 0 Å². The van der Waals surface area contributed by atoms with E-state index in [4.69, 9.17) is 4.74 Å². The van der Waals surface area contributed by atoms with Crippen LogP contribution in [0.3, 0.4) is 0 Å². The molecule has 0 saturated carbocycles. The molecular formula is C7H11NO6. The average molecular weight is 205 g/mol. The molecule has 0 spiro atoms. The summed E-state index contributed by atoms with van der Waals surface area (Å²) in [5.41, 5.74) is -1.45. The summed E-state index contributed by atoms with van der Waals surface area (Å²) >= 11 is 0. The van der Waals surface area contributed by atoms with Crippen LogP contribution in [0, 0.1) is 10.1 Å². The first-order valence-corrected chi connectivity index (χ1v) is 4.12. The quantitative estimate of drug-likeness (QED) is 0.370. The van der Waals surface area contributed by atoms with Gasteiger partial charge in [-0.3, -0.25) is 10.1 Å². The van der Waals surface area contributed by atoms with Gasteiger partial charge < -0.3 is 14.2 Å². The number of nitrogens with zero attached hydrogens (tertiary/aromatic N) is 1. The molecule has 1 rings (SSSR count). The molecule has 0 bridgehead atoms. The standard InChI is InChI=1S/C7H11NO6/c1-2-12-3-7(8(10)11)4-13-6(9)14-5-7/h2-5H2,1H3. The lowest BCUT2D eigenvalue weighted by atomic mass is 10.0. The molecule has 0 amide bonds. The van der Waals surface area contributed by atoms with Crippen LogP contribution in [0.25, 0.3) is 0 Å². The summed E-state index contributed by atoms with van der Waals surface area (Å²) in [7, 11) is 0. The first-order chi connectivity index (χ1) is 6.60. The second kappa shape index (κ2) is 4.23. The fourth-order valence-corrected chi connectivity index (χ4v) is 1.00. The van der Waals surface area contributed by atoms with Crippen molar-refractivity contribution in [1.29, 1.82) is 0 Å². The van der Waals surface area contributed by atoms with E-state index < -0.39 is 16.6 Å². The zero-order chi connectivity index (χ0) is 10.6. The van der Waals surface area contributed by atoms with Crippen molar-refractivity contribution < 1.29 is 23.9 Å². The Kier molecular flexibility index (Phi) is 3.23. The number of carbonyl (C=O) groups is 1. The van der Waals surface area contributed by atoms with Crippen molar-refractivity contribution in [3.63, 3.8) is 0 Å². The SMILES string of the molecule is CCOCC1([N+](=O)[O-])COC(=O)OC1. The van der Waals surface area contributed by atoms with Gasteiger partial charge in [-0.25, -0.2) is 4.79 Å². The highest BCUT2D eigenvalue weighted by Gasteiger charge is 2.49. The molecule has 7 nitrogen and oxygen atoms in total. The lowest BCUT2D eigenvalue weighted by Crippen LogP contribution is -2.55. The molecule has 0 aliphatic carbocycles.